The number of hydrogen-bond acceptors (Lipinski definition) is 4. The number of halogens is 1. The summed E-state index contributed by atoms with van der Waals surface area (Å²) in [5.74, 6) is -0.291. The normalized spacial score (nSPS) is 14.8. The van der Waals surface area contributed by atoms with Crippen LogP contribution in [-0.2, 0) is 21.4 Å². The van der Waals surface area contributed by atoms with Crippen molar-refractivity contribution in [1.29, 1.82) is 0 Å². The average Bonchev–Trinajstić information content (AvgIpc) is 3.19. The second kappa shape index (κ2) is 8.46. The van der Waals surface area contributed by atoms with E-state index in [0.29, 0.717) is 18.1 Å². The van der Waals surface area contributed by atoms with E-state index in [-0.39, 0.29) is 23.0 Å². The zero-order valence-electron chi connectivity index (χ0n) is 15.9. The first-order valence-electron chi connectivity index (χ1n) is 9.03. The summed E-state index contributed by atoms with van der Waals surface area (Å²) in [6, 6.07) is 8.21. The molecule has 2 aromatic rings. The van der Waals surface area contributed by atoms with Crippen LogP contribution in [0.3, 0.4) is 0 Å². The van der Waals surface area contributed by atoms with Gasteiger partial charge in [-0.05, 0) is 31.0 Å². The standard InChI is InChI=1S/C19H23ClN4O3S/c1-22(2)15-7-11-23(12-8-15)14-19(25)21-18-13-16(5-6-17(18)20)28(26,27)24-9-3-4-10-24/h5-8,11-13H,3-4,9-10,14H2,1-2H3/p+1. The fourth-order valence-electron chi connectivity index (χ4n) is 3.05. The van der Waals surface area contributed by atoms with Crippen LogP contribution in [0.2, 0.25) is 5.02 Å². The number of amides is 1. The van der Waals surface area contributed by atoms with Crippen molar-refractivity contribution >= 4 is 38.9 Å². The smallest absolute Gasteiger partial charge is 0.290 e. The summed E-state index contributed by atoms with van der Waals surface area (Å²) in [5, 5.41) is 3.01. The Labute approximate surface area is 170 Å². The lowest BCUT2D eigenvalue weighted by atomic mass is 10.3. The molecule has 1 fully saturated rings. The summed E-state index contributed by atoms with van der Waals surface area (Å²) < 4.78 is 28.6. The van der Waals surface area contributed by atoms with Crippen LogP contribution in [0.25, 0.3) is 0 Å². The fraction of sp³-hybridized carbons (Fsp3) is 0.368. The lowest BCUT2D eigenvalue weighted by Gasteiger charge is -2.16. The van der Waals surface area contributed by atoms with E-state index in [2.05, 4.69) is 5.32 Å². The Bertz CT molecular complexity index is 956. The Kier molecular flexibility index (Phi) is 6.22. The van der Waals surface area contributed by atoms with Gasteiger partial charge >= 0.3 is 0 Å². The molecule has 1 amide bonds. The lowest BCUT2D eigenvalue weighted by molar-refractivity contribution is -0.684. The van der Waals surface area contributed by atoms with Crippen LogP contribution < -0.4 is 14.8 Å². The third-order valence-electron chi connectivity index (χ3n) is 4.63. The Morgan fingerprint density at radius 2 is 1.82 bits per heavy atom. The molecule has 0 bridgehead atoms. The van der Waals surface area contributed by atoms with Gasteiger partial charge in [0.2, 0.25) is 16.6 Å². The van der Waals surface area contributed by atoms with Crippen LogP contribution in [0.15, 0.2) is 47.6 Å². The van der Waals surface area contributed by atoms with E-state index < -0.39 is 10.0 Å². The molecule has 1 aliphatic rings. The molecule has 1 aromatic heterocycles. The van der Waals surface area contributed by atoms with Crippen molar-refractivity contribution in [2.45, 2.75) is 24.3 Å². The molecular weight excluding hydrogens is 400 g/mol. The molecule has 0 unspecified atom stereocenters. The molecule has 7 nitrogen and oxygen atoms in total. The first kappa shape index (κ1) is 20.6. The highest BCUT2D eigenvalue weighted by molar-refractivity contribution is 7.89. The van der Waals surface area contributed by atoms with Crippen LogP contribution in [0, 0.1) is 0 Å². The monoisotopic (exact) mass is 423 g/mol. The summed E-state index contributed by atoms with van der Waals surface area (Å²) in [7, 11) is 0.312. The number of pyridine rings is 1. The second-order valence-corrected chi connectivity index (χ2v) is 9.27. The maximum Gasteiger partial charge on any atom is 0.290 e. The van der Waals surface area contributed by atoms with E-state index in [1.807, 2.05) is 43.5 Å². The number of sulfonamides is 1. The largest absolute Gasteiger partial charge is 0.377 e. The number of hydrogen-bond donors (Lipinski definition) is 1. The minimum Gasteiger partial charge on any atom is -0.377 e. The molecule has 0 aliphatic carbocycles. The maximum absolute atomic E-state index is 12.7. The molecular formula is C19H24ClN4O3S+. The van der Waals surface area contributed by atoms with Gasteiger partial charge in [-0.2, -0.15) is 8.87 Å². The van der Waals surface area contributed by atoms with Crippen LogP contribution in [-0.4, -0.2) is 45.8 Å². The summed E-state index contributed by atoms with van der Waals surface area (Å²) in [5.41, 5.74) is 1.32. The van der Waals surface area contributed by atoms with E-state index in [4.69, 9.17) is 11.6 Å². The Morgan fingerprint density at radius 1 is 1.18 bits per heavy atom. The molecule has 2 heterocycles. The first-order chi connectivity index (χ1) is 13.3. The van der Waals surface area contributed by atoms with Gasteiger partial charge in [0.15, 0.2) is 12.4 Å². The molecule has 1 aliphatic heterocycles. The van der Waals surface area contributed by atoms with Crippen molar-refractivity contribution in [3.63, 3.8) is 0 Å². The molecule has 1 aromatic carbocycles. The molecule has 0 atom stereocenters. The van der Waals surface area contributed by atoms with Crippen molar-refractivity contribution in [2.24, 2.45) is 0 Å². The third-order valence-corrected chi connectivity index (χ3v) is 6.86. The molecule has 150 valence electrons. The molecule has 1 saturated heterocycles. The summed E-state index contributed by atoms with van der Waals surface area (Å²) in [6.07, 6.45) is 5.34. The summed E-state index contributed by atoms with van der Waals surface area (Å²) in [6.45, 7) is 1.13. The zero-order valence-corrected chi connectivity index (χ0v) is 17.5. The molecule has 0 saturated carbocycles. The van der Waals surface area contributed by atoms with Gasteiger partial charge in [0.05, 0.1) is 15.6 Å². The first-order valence-corrected chi connectivity index (χ1v) is 10.8. The van der Waals surface area contributed by atoms with Crippen LogP contribution >= 0.6 is 11.6 Å². The molecule has 9 heteroatoms. The number of aromatic nitrogens is 1. The van der Waals surface area contributed by atoms with Gasteiger partial charge in [-0.1, -0.05) is 11.6 Å². The highest BCUT2D eigenvalue weighted by Gasteiger charge is 2.28. The Hall–Kier alpha value is -2.16. The van der Waals surface area contributed by atoms with Crippen molar-refractivity contribution < 1.29 is 17.8 Å². The molecule has 0 spiro atoms. The zero-order chi connectivity index (χ0) is 20.3. The average molecular weight is 424 g/mol. The van der Waals surface area contributed by atoms with Crippen molar-refractivity contribution in [2.75, 3.05) is 37.4 Å². The predicted molar refractivity (Wildman–Crippen MR) is 109 cm³/mol. The molecule has 3 rings (SSSR count). The highest BCUT2D eigenvalue weighted by atomic mass is 35.5. The number of nitrogens with zero attached hydrogens (tertiary/aromatic N) is 3. The van der Waals surface area contributed by atoms with Crippen LogP contribution in [0.1, 0.15) is 12.8 Å². The van der Waals surface area contributed by atoms with E-state index in [1.165, 1.54) is 22.5 Å². The predicted octanol–water partition coefficient (Wildman–Crippen LogP) is 2.12. The van der Waals surface area contributed by atoms with Gasteiger partial charge in [-0.25, -0.2) is 8.42 Å². The molecule has 0 radical (unpaired) electrons. The van der Waals surface area contributed by atoms with Gasteiger partial charge in [0.1, 0.15) is 0 Å². The maximum atomic E-state index is 12.7. The van der Waals surface area contributed by atoms with Gasteiger partial charge in [-0.15, -0.1) is 0 Å². The number of carbonyl (C=O) groups excluding carboxylic acids is 1. The van der Waals surface area contributed by atoms with E-state index in [1.54, 1.807) is 4.57 Å². The summed E-state index contributed by atoms with van der Waals surface area (Å²) >= 11 is 6.17. The minimum absolute atomic E-state index is 0.0904. The van der Waals surface area contributed by atoms with Crippen molar-refractivity contribution in [1.82, 2.24) is 4.31 Å². The van der Waals surface area contributed by atoms with Gasteiger partial charge in [0, 0.05) is 45.0 Å². The van der Waals surface area contributed by atoms with E-state index in [0.717, 1.165) is 18.5 Å². The number of anilines is 2. The minimum atomic E-state index is -3.57. The third kappa shape index (κ3) is 4.63. The Balaban J connectivity index is 1.73. The Morgan fingerprint density at radius 3 is 2.43 bits per heavy atom. The molecule has 1 N–H and O–H groups in total. The molecule has 28 heavy (non-hydrogen) atoms. The summed E-state index contributed by atoms with van der Waals surface area (Å²) in [4.78, 5) is 14.5. The number of rotatable bonds is 6. The lowest BCUT2D eigenvalue weighted by Crippen LogP contribution is -2.39. The van der Waals surface area contributed by atoms with Crippen molar-refractivity contribution in [3.05, 3.63) is 47.7 Å². The second-order valence-electron chi connectivity index (χ2n) is 6.92. The van der Waals surface area contributed by atoms with Crippen LogP contribution in [0.4, 0.5) is 11.4 Å². The SMILES string of the molecule is CN(C)c1cc[n+](CC(=O)Nc2cc(S(=O)(=O)N3CCCC3)ccc2Cl)cc1. The van der Waals surface area contributed by atoms with Gasteiger partial charge in [-0.3, -0.25) is 4.79 Å². The quantitative estimate of drug-likeness (QED) is 0.722. The topological polar surface area (TPSA) is 73.6 Å². The number of benzene rings is 1. The fourth-order valence-corrected chi connectivity index (χ4v) is 4.76. The van der Waals surface area contributed by atoms with Crippen molar-refractivity contribution in [3.8, 4) is 0 Å². The van der Waals surface area contributed by atoms with Gasteiger partial charge < -0.3 is 10.2 Å². The van der Waals surface area contributed by atoms with Crippen LogP contribution in [0.5, 0.6) is 0 Å². The van der Waals surface area contributed by atoms with E-state index in [9.17, 15) is 13.2 Å². The number of carbonyl (C=O) groups is 1. The number of nitrogens with one attached hydrogen (secondary N) is 1. The highest BCUT2D eigenvalue weighted by Crippen LogP contribution is 2.28. The van der Waals surface area contributed by atoms with Gasteiger partial charge in [0.25, 0.3) is 5.91 Å². The van der Waals surface area contributed by atoms with E-state index >= 15 is 0 Å².